The fourth-order valence-corrected chi connectivity index (χ4v) is 1.85. The molecule has 1 aromatic carbocycles. The maximum atomic E-state index is 6.08. The molecule has 0 amide bonds. The van der Waals surface area contributed by atoms with Crippen molar-refractivity contribution < 1.29 is 0 Å². The van der Waals surface area contributed by atoms with Crippen molar-refractivity contribution in [3.63, 3.8) is 0 Å². The van der Waals surface area contributed by atoms with Crippen LogP contribution in [0.15, 0.2) is 18.2 Å². The molecular weight excluding hydrogens is 231 g/mol. The first-order valence-corrected chi connectivity index (χ1v) is 5.66. The zero-order chi connectivity index (χ0) is 11.3. The Morgan fingerprint density at radius 3 is 2.40 bits per heavy atom. The Morgan fingerprint density at radius 2 is 1.87 bits per heavy atom. The fourth-order valence-electron chi connectivity index (χ4n) is 1.34. The molecule has 0 aliphatic rings. The zero-order valence-corrected chi connectivity index (χ0v) is 10.6. The second-order valence-electron chi connectivity index (χ2n) is 3.54. The minimum absolute atomic E-state index is 0.735. The Balaban J connectivity index is 2.63. The molecule has 0 saturated carbocycles. The van der Waals surface area contributed by atoms with E-state index in [2.05, 4.69) is 17.3 Å². The summed E-state index contributed by atoms with van der Waals surface area (Å²) in [5.41, 5.74) is 0.999. The highest BCUT2D eigenvalue weighted by Gasteiger charge is 2.07. The molecule has 84 valence electrons. The van der Waals surface area contributed by atoms with E-state index in [-0.39, 0.29) is 0 Å². The van der Waals surface area contributed by atoms with Gasteiger partial charge >= 0.3 is 0 Å². The Bertz CT molecular complexity index is 295. The molecule has 1 N–H and O–H groups in total. The third kappa shape index (κ3) is 3.99. The molecule has 1 rings (SSSR count). The number of rotatable bonds is 5. The lowest BCUT2D eigenvalue weighted by atomic mass is 10.2. The molecule has 0 aliphatic carbocycles. The predicted octanol–water partition coefficient (Wildman–Crippen LogP) is 2.64. The number of halogens is 2. The molecule has 15 heavy (non-hydrogen) atoms. The normalized spacial score (nSPS) is 11.0. The third-order valence-electron chi connectivity index (χ3n) is 2.23. The zero-order valence-electron chi connectivity index (χ0n) is 9.06. The van der Waals surface area contributed by atoms with Crippen LogP contribution in [0.5, 0.6) is 0 Å². The van der Waals surface area contributed by atoms with Crippen molar-refractivity contribution in [2.75, 3.05) is 27.2 Å². The first kappa shape index (κ1) is 12.8. The van der Waals surface area contributed by atoms with E-state index in [1.807, 2.05) is 25.2 Å². The number of nitrogens with zero attached hydrogens (tertiary/aromatic N) is 1. The number of hydrogen-bond donors (Lipinski definition) is 1. The van der Waals surface area contributed by atoms with Crippen molar-refractivity contribution in [1.29, 1.82) is 0 Å². The average Bonchev–Trinajstić information content (AvgIpc) is 2.21. The molecule has 0 heterocycles. The monoisotopic (exact) mass is 246 g/mol. The molecule has 0 spiro atoms. The Labute approximate surface area is 101 Å². The van der Waals surface area contributed by atoms with Crippen molar-refractivity contribution in [3.05, 3.63) is 33.8 Å². The SMILES string of the molecule is CNCCN(C)Cc1c(Cl)cccc1Cl. The van der Waals surface area contributed by atoms with Gasteiger partial charge in [0.1, 0.15) is 0 Å². The molecule has 0 unspecified atom stereocenters. The van der Waals surface area contributed by atoms with E-state index < -0.39 is 0 Å². The molecule has 0 bridgehead atoms. The van der Waals surface area contributed by atoms with E-state index in [1.54, 1.807) is 0 Å². The summed E-state index contributed by atoms with van der Waals surface area (Å²) in [5, 5.41) is 4.58. The van der Waals surface area contributed by atoms with Crippen LogP contribution in [0.3, 0.4) is 0 Å². The summed E-state index contributed by atoms with van der Waals surface area (Å²) < 4.78 is 0. The number of likely N-dealkylation sites (N-methyl/N-ethyl adjacent to an activating group) is 2. The summed E-state index contributed by atoms with van der Waals surface area (Å²) in [6.07, 6.45) is 0. The second kappa shape index (κ2) is 6.33. The lowest BCUT2D eigenvalue weighted by molar-refractivity contribution is 0.328. The van der Waals surface area contributed by atoms with Crippen LogP contribution in [0.1, 0.15) is 5.56 Å². The largest absolute Gasteiger partial charge is 0.318 e. The minimum Gasteiger partial charge on any atom is -0.318 e. The molecule has 0 atom stereocenters. The highest BCUT2D eigenvalue weighted by Crippen LogP contribution is 2.25. The van der Waals surface area contributed by atoms with Crippen LogP contribution in [-0.2, 0) is 6.54 Å². The first-order valence-electron chi connectivity index (χ1n) is 4.91. The van der Waals surface area contributed by atoms with Crippen LogP contribution in [0.25, 0.3) is 0 Å². The smallest absolute Gasteiger partial charge is 0.0465 e. The van der Waals surface area contributed by atoms with Crippen LogP contribution in [0, 0.1) is 0 Å². The highest BCUT2D eigenvalue weighted by molar-refractivity contribution is 6.35. The molecule has 4 heteroatoms. The van der Waals surface area contributed by atoms with E-state index in [4.69, 9.17) is 23.2 Å². The van der Waals surface area contributed by atoms with Gasteiger partial charge in [-0.1, -0.05) is 29.3 Å². The van der Waals surface area contributed by atoms with Gasteiger partial charge in [0.2, 0.25) is 0 Å². The van der Waals surface area contributed by atoms with Crippen molar-refractivity contribution >= 4 is 23.2 Å². The van der Waals surface area contributed by atoms with E-state index in [1.165, 1.54) is 0 Å². The van der Waals surface area contributed by atoms with E-state index in [0.29, 0.717) is 0 Å². The van der Waals surface area contributed by atoms with Gasteiger partial charge < -0.3 is 10.2 Å². The topological polar surface area (TPSA) is 15.3 Å². The Hall–Kier alpha value is -0.280. The maximum absolute atomic E-state index is 6.08. The number of benzene rings is 1. The van der Waals surface area contributed by atoms with Crippen molar-refractivity contribution in [3.8, 4) is 0 Å². The highest BCUT2D eigenvalue weighted by atomic mass is 35.5. The minimum atomic E-state index is 0.735. The first-order chi connectivity index (χ1) is 7.15. The Morgan fingerprint density at radius 1 is 1.27 bits per heavy atom. The van der Waals surface area contributed by atoms with E-state index >= 15 is 0 Å². The Kier molecular flexibility index (Phi) is 5.40. The second-order valence-corrected chi connectivity index (χ2v) is 4.36. The predicted molar refractivity (Wildman–Crippen MR) is 66.7 cm³/mol. The van der Waals surface area contributed by atoms with Crippen LogP contribution >= 0.6 is 23.2 Å². The van der Waals surface area contributed by atoms with Gasteiger partial charge in [0, 0.05) is 35.2 Å². The van der Waals surface area contributed by atoms with Gasteiger partial charge in [0.25, 0.3) is 0 Å². The average molecular weight is 247 g/mol. The van der Waals surface area contributed by atoms with E-state index in [0.717, 1.165) is 35.2 Å². The number of nitrogens with one attached hydrogen (secondary N) is 1. The van der Waals surface area contributed by atoms with Crippen LogP contribution in [0.2, 0.25) is 10.0 Å². The maximum Gasteiger partial charge on any atom is 0.0465 e. The molecule has 0 aromatic heterocycles. The third-order valence-corrected chi connectivity index (χ3v) is 2.94. The van der Waals surface area contributed by atoms with Crippen molar-refractivity contribution in [1.82, 2.24) is 10.2 Å². The van der Waals surface area contributed by atoms with Crippen LogP contribution in [-0.4, -0.2) is 32.1 Å². The molecule has 0 aliphatic heterocycles. The lowest BCUT2D eigenvalue weighted by Crippen LogP contribution is -2.27. The van der Waals surface area contributed by atoms with Crippen LogP contribution < -0.4 is 5.32 Å². The summed E-state index contributed by atoms with van der Waals surface area (Å²) in [6.45, 7) is 2.71. The molecule has 0 radical (unpaired) electrons. The molecule has 1 aromatic rings. The summed E-state index contributed by atoms with van der Waals surface area (Å²) in [4.78, 5) is 2.18. The number of hydrogen-bond acceptors (Lipinski definition) is 2. The van der Waals surface area contributed by atoms with Gasteiger partial charge in [-0.15, -0.1) is 0 Å². The van der Waals surface area contributed by atoms with Crippen molar-refractivity contribution in [2.45, 2.75) is 6.54 Å². The van der Waals surface area contributed by atoms with Gasteiger partial charge in [-0.3, -0.25) is 0 Å². The van der Waals surface area contributed by atoms with Gasteiger partial charge in [-0.25, -0.2) is 0 Å². The summed E-state index contributed by atoms with van der Waals surface area (Å²) in [6, 6.07) is 5.60. The standard InChI is InChI=1S/C11H16Cl2N2/c1-14-6-7-15(2)8-9-10(12)4-3-5-11(9)13/h3-5,14H,6-8H2,1-2H3. The van der Waals surface area contributed by atoms with Gasteiger partial charge in [-0.2, -0.15) is 0 Å². The lowest BCUT2D eigenvalue weighted by Gasteiger charge is -2.17. The van der Waals surface area contributed by atoms with Crippen LogP contribution in [0.4, 0.5) is 0 Å². The van der Waals surface area contributed by atoms with Gasteiger partial charge in [0.05, 0.1) is 0 Å². The van der Waals surface area contributed by atoms with Gasteiger partial charge in [-0.05, 0) is 26.2 Å². The van der Waals surface area contributed by atoms with Crippen molar-refractivity contribution in [2.24, 2.45) is 0 Å². The quantitative estimate of drug-likeness (QED) is 0.860. The molecule has 2 nitrogen and oxygen atoms in total. The van der Waals surface area contributed by atoms with Gasteiger partial charge in [0.15, 0.2) is 0 Å². The molecule has 0 fully saturated rings. The molecule has 0 saturated heterocycles. The summed E-state index contributed by atoms with van der Waals surface area (Å²) in [5.74, 6) is 0. The summed E-state index contributed by atoms with van der Waals surface area (Å²) >= 11 is 12.2. The summed E-state index contributed by atoms with van der Waals surface area (Å²) in [7, 11) is 3.99. The fraction of sp³-hybridized carbons (Fsp3) is 0.455. The van der Waals surface area contributed by atoms with E-state index in [9.17, 15) is 0 Å². The molecular formula is C11H16Cl2N2.